The number of aryl methyl sites for hydroxylation is 3. The normalized spacial score (nSPS) is 15.3. The fraction of sp³-hybridized carbons (Fsp3) is 0.458. The number of hydrogen-bond donors (Lipinski definition) is 1. The highest BCUT2D eigenvalue weighted by Crippen LogP contribution is 2.24. The summed E-state index contributed by atoms with van der Waals surface area (Å²) in [4.78, 5) is 12.8. The van der Waals surface area contributed by atoms with Crippen LogP contribution in [0.3, 0.4) is 0 Å². The van der Waals surface area contributed by atoms with E-state index < -0.39 is 10.0 Å². The van der Waals surface area contributed by atoms with E-state index in [9.17, 15) is 13.2 Å². The molecule has 1 aliphatic rings. The fourth-order valence-electron chi connectivity index (χ4n) is 3.83. The van der Waals surface area contributed by atoms with E-state index in [1.807, 2.05) is 32.0 Å². The molecular weight excluding hydrogens is 412 g/mol. The lowest BCUT2D eigenvalue weighted by Crippen LogP contribution is -2.33. The predicted molar refractivity (Wildman–Crippen MR) is 122 cm³/mol. The molecule has 0 saturated carbocycles. The molecule has 0 aliphatic carbocycles. The molecular formula is C24H32N2O4S. The van der Waals surface area contributed by atoms with E-state index >= 15 is 0 Å². The van der Waals surface area contributed by atoms with Gasteiger partial charge in [-0.1, -0.05) is 36.6 Å². The minimum atomic E-state index is -3.61. The lowest BCUT2D eigenvalue weighted by molar-refractivity contribution is 0.0946. The Morgan fingerprint density at radius 2 is 1.68 bits per heavy atom. The van der Waals surface area contributed by atoms with Gasteiger partial charge < -0.3 is 10.1 Å². The Balaban J connectivity index is 1.64. The van der Waals surface area contributed by atoms with Crippen molar-refractivity contribution in [3.63, 3.8) is 0 Å². The molecule has 1 aliphatic heterocycles. The smallest absolute Gasteiger partial charge is 0.251 e. The molecule has 0 unspecified atom stereocenters. The zero-order chi connectivity index (χ0) is 22.4. The van der Waals surface area contributed by atoms with Crippen LogP contribution >= 0.6 is 0 Å². The van der Waals surface area contributed by atoms with Gasteiger partial charge in [0.05, 0.1) is 11.4 Å². The molecule has 6 nitrogen and oxygen atoms in total. The molecule has 1 amide bonds. The molecule has 168 valence electrons. The van der Waals surface area contributed by atoms with Crippen LogP contribution in [-0.2, 0) is 10.0 Å². The maximum Gasteiger partial charge on any atom is 0.251 e. The lowest BCUT2D eigenvalue weighted by Gasteiger charge is -2.21. The number of carbonyl (C=O) groups is 1. The van der Waals surface area contributed by atoms with E-state index in [0.717, 1.165) is 37.0 Å². The molecule has 0 atom stereocenters. The third-order valence-electron chi connectivity index (χ3n) is 5.61. The van der Waals surface area contributed by atoms with Gasteiger partial charge in [0.25, 0.3) is 5.91 Å². The van der Waals surface area contributed by atoms with Crippen LogP contribution in [0.15, 0.2) is 41.3 Å². The van der Waals surface area contributed by atoms with Gasteiger partial charge in [0.15, 0.2) is 0 Å². The van der Waals surface area contributed by atoms with Gasteiger partial charge in [0.2, 0.25) is 10.0 Å². The average Bonchev–Trinajstić information content (AvgIpc) is 3.02. The van der Waals surface area contributed by atoms with Crippen molar-refractivity contribution in [2.45, 2.75) is 51.3 Å². The molecule has 1 heterocycles. The topological polar surface area (TPSA) is 75.7 Å². The van der Waals surface area contributed by atoms with E-state index in [-0.39, 0.29) is 10.8 Å². The predicted octanol–water partition coefficient (Wildman–Crippen LogP) is 3.99. The Labute approximate surface area is 185 Å². The second-order valence-electron chi connectivity index (χ2n) is 8.17. The molecule has 0 spiro atoms. The van der Waals surface area contributed by atoms with Crippen molar-refractivity contribution in [1.82, 2.24) is 9.62 Å². The zero-order valence-corrected chi connectivity index (χ0v) is 19.4. The Morgan fingerprint density at radius 3 is 2.35 bits per heavy atom. The van der Waals surface area contributed by atoms with Gasteiger partial charge in [0, 0.05) is 18.7 Å². The quantitative estimate of drug-likeness (QED) is 0.656. The summed E-state index contributed by atoms with van der Waals surface area (Å²) in [6.07, 6.45) is 3.85. The van der Waals surface area contributed by atoms with E-state index in [1.54, 1.807) is 23.4 Å². The molecule has 7 heteroatoms. The van der Waals surface area contributed by atoms with Crippen molar-refractivity contribution in [1.29, 1.82) is 0 Å². The first-order valence-electron chi connectivity index (χ1n) is 10.9. The van der Waals surface area contributed by atoms with Crippen molar-refractivity contribution < 1.29 is 17.9 Å². The molecule has 1 saturated heterocycles. The monoisotopic (exact) mass is 444 g/mol. The Kier molecular flexibility index (Phi) is 7.73. The SMILES string of the molecule is Cc1ccc(OCCNC(=O)c2ccc(C)c(S(=O)(=O)N3CCCCCC3)c2)c(C)c1. The molecule has 3 rings (SSSR count). The molecule has 1 N–H and O–H groups in total. The van der Waals surface area contributed by atoms with Crippen LogP contribution in [0.5, 0.6) is 5.75 Å². The van der Waals surface area contributed by atoms with Crippen LogP contribution in [-0.4, -0.2) is 44.9 Å². The molecule has 1 fully saturated rings. The summed E-state index contributed by atoms with van der Waals surface area (Å²) in [6.45, 7) is 7.51. The molecule has 2 aromatic carbocycles. The highest BCUT2D eigenvalue weighted by Gasteiger charge is 2.27. The van der Waals surface area contributed by atoms with E-state index in [1.165, 1.54) is 11.6 Å². The van der Waals surface area contributed by atoms with Gasteiger partial charge >= 0.3 is 0 Å². The van der Waals surface area contributed by atoms with Gasteiger partial charge in [-0.15, -0.1) is 0 Å². The van der Waals surface area contributed by atoms with Gasteiger partial charge in [-0.3, -0.25) is 4.79 Å². The number of carbonyl (C=O) groups excluding carboxylic acids is 1. The first-order chi connectivity index (χ1) is 14.8. The largest absolute Gasteiger partial charge is 0.491 e. The molecule has 0 radical (unpaired) electrons. The number of benzene rings is 2. The minimum absolute atomic E-state index is 0.216. The Bertz CT molecular complexity index is 1030. The van der Waals surface area contributed by atoms with Gasteiger partial charge in [-0.2, -0.15) is 4.31 Å². The molecule has 2 aromatic rings. The Hall–Kier alpha value is -2.38. The number of hydrogen-bond acceptors (Lipinski definition) is 4. The Morgan fingerprint density at radius 1 is 0.968 bits per heavy atom. The van der Waals surface area contributed by atoms with E-state index in [0.29, 0.717) is 37.4 Å². The van der Waals surface area contributed by atoms with Crippen LogP contribution < -0.4 is 10.1 Å². The van der Waals surface area contributed by atoms with Gasteiger partial charge in [0.1, 0.15) is 12.4 Å². The van der Waals surface area contributed by atoms with Crippen LogP contribution in [0.1, 0.15) is 52.7 Å². The number of amides is 1. The summed E-state index contributed by atoms with van der Waals surface area (Å²) >= 11 is 0. The molecule has 0 aromatic heterocycles. The van der Waals surface area contributed by atoms with Crippen molar-refractivity contribution in [3.8, 4) is 5.75 Å². The van der Waals surface area contributed by atoms with Gasteiger partial charge in [-0.25, -0.2) is 8.42 Å². The van der Waals surface area contributed by atoms with Crippen LogP contribution in [0.4, 0.5) is 0 Å². The highest BCUT2D eigenvalue weighted by molar-refractivity contribution is 7.89. The third-order valence-corrected chi connectivity index (χ3v) is 7.65. The highest BCUT2D eigenvalue weighted by atomic mass is 32.2. The maximum absolute atomic E-state index is 13.2. The summed E-state index contributed by atoms with van der Waals surface area (Å²) < 4.78 is 33.7. The third kappa shape index (κ3) is 5.86. The standard InChI is InChI=1S/C24H32N2O4S/c1-18-8-11-22(20(3)16-18)30-15-12-25-24(27)21-10-9-19(2)23(17-21)31(28,29)26-13-6-4-5-7-14-26/h8-11,16-17H,4-7,12-15H2,1-3H3,(H,25,27). The number of ether oxygens (including phenoxy) is 1. The minimum Gasteiger partial charge on any atom is -0.491 e. The van der Waals surface area contributed by atoms with Crippen molar-refractivity contribution in [2.75, 3.05) is 26.2 Å². The zero-order valence-electron chi connectivity index (χ0n) is 18.6. The summed E-state index contributed by atoms with van der Waals surface area (Å²) in [6, 6.07) is 10.8. The van der Waals surface area contributed by atoms with Crippen LogP contribution in [0.2, 0.25) is 0 Å². The van der Waals surface area contributed by atoms with Gasteiger partial charge in [-0.05, 0) is 62.9 Å². The number of rotatable bonds is 7. The van der Waals surface area contributed by atoms with Crippen LogP contribution in [0, 0.1) is 20.8 Å². The van der Waals surface area contributed by atoms with Crippen molar-refractivity contribution in [3.05, 3.63) is 58.7 Å². The second kappa shape index (κ2) is 10.3. The second-order valence-corrected chi connectivity index (χ2v) is 10.1. The number of nitrogens with zero attached hydrogens (tertiary/aromatic N) is 1. The van der Waals surface area contributed by atoms with E-state index in [4.69, 9.17) is 4.74 Å². The van der Waals surface area contributed by atoms with Crippen LogP contribution in [0.25, 0.3) is 0 Å². The number of nitrogens with one attached hydrogen (secondary N) is 1. The summed E-state index contributed by atoms with van der Waals surface area (Å²) in [5.74, 6) is 0.484. The van der Waals surface area contributed by atoms with Crippen molar-refractivity contribution >= 4 is 15.9 Å². The number of sulfonamides is 1. The molecule has 31 heavy (non-hydrogen) atoms. The first kappa shape index (κ1) is 23.3. The summed E-state index contributed by atoms with van der Waals surface area (Å²) in [5.41, 5.74) is 3.21. The maximum atomic E-state index is 13.2. The molecule has 0 bridgehead atoms. The first-order valence-corrected chi connectivity index (χ1v) is 12.3. The summed E-state index contributed by atoms with van der Waals surface area (Å²) in [7, 11) is -3.61. The fourth-order valence-corrected chi connectivity index (χ4v) is 5.60. The average molecular weight is 445 g/mol. The van der Waals surface area contributed by atoms with Crippen molar-refractivity contribution in [2.24, 2.45) is 0 Å². The lowest BCUT2D eigenvalue weighted by atomic mass is 10.1. The summed E-state index contributed by atoms with van der Waals surface area (Å²) in [5, 5.41) is 2.82. The van der Waals surface area contributed by atoms with E-state index in [2.05, 4.69) is 5.32 Å².